The van der Waals surface area contributed by atoms with Crippen LogP contribution in [0.3, 0.4) is 0 Å². The van der Waals surface area contributed by atoms with Crippen molar-refractivity contribution >= 4 is 34.9 Å². The van der Waals surface area contributed by atoms with Crippen molar-refractivity contribution < 1.29 is 4.79 Å². The van der Waals surface area contributed by atoms with Crippen molar-refractivity contribution in [3.8, 4) is 11.4 Å². The van der Waals surface area contributed by atoms with E-state index in [1.54, 1.807) is 18.2 Å². The van der Waals surface area contributed by atoms with E-state index in [0.717, 1.165) is 61.2 Å². The summed E-state index contributed by atoms with van der Waals surface area (Å²) in [4.78, 5) is 30.0. The molecule has 5 rings (SSSR count). The molecule has 0 spiro atoms. The molecular formula is C26H27Cl2N5O. The molecule has 0 unspecified atom stereocenters. The van der Waals surface area contributed by atoms with Crippen molar-refractivity contribution in [2.45, 2.75) is 19.9 Å². The van der Waals surface area contributed by atoms with Gasteiger partial charge in [0.15, 0.2) is 5.82 Å². The van der Waals surface area contributed by atoms with Gasteiger partial charge >= 0.3 is 0 Å². The summed E-state index contributed by atoms with van der Waals surface area (Å²) in [5, 5.41) is 0.885. The molecule has 0 saturated carbocycles. The number of aromatic nitrogens is 2. The molecule has 0 atom stereocenters. The Morgan fingerprint density at radius 3 is 2.44 bits per heavy atom. The number of carbonyl (C=O) groups is 1. The van der Waals surface area contributed by atoms with Crippen LogP contribution in [-0.4, -0.2) is 64.9 Å². The SMILES string of the molecule is CCN1CCN(c2nc(-c3ccccc3)nc3c2CN(C(=O)c2ccc(Cl)cc2Cl)CC3)CC1. The zero-order chi connectivity index (χ0) is 23.7. The number of benzene rings is 2. The normalized spacial score (nSPS) is 16.4. The smallest absolute Gasteiger partial charge is 0.255 e. The molecule has 2 aliphatic heterocycles. The number of likely N-dealkylation sites (N-methyl/N-ethyl adjacent to an activating group) is 1. The molecule has 34 heavy (non-hydrogen) atoms. The van der Waals surface area contributed by atoms with Crippen LogP contribution in [0.4, 0.5) is 5.82 Å². The molecule has 0 N–H and O–H groups in total. The lowest BCUT2D eigenvalue weighted by molar-refractivity contribution is 0.0733. The van der Waals surface area contributed by atoms with Crippen LogP contribution >= 0.6 is 23.2 Å². The summed E-state index contributed by atoms with van der Waals surface area (Å²) < 4.78 is 0. The first-order valence-electron chi connectivity index (χ1n) is 11.7. The average Bonchev–Trinajstić information content (AvgIpc) is 2.88. The minimum absolute atomic E-state index is 0.0961. The van der Waals surface area contributed by atoms with Gasteiger partial charge in [0.2, 0.25) is 0 Å². The van der Waals surface area contributed by atoms with Gasteiger partial charge in [-0.3, -0.25) is 4.79 Å². The maximum absolute atomic E-state index is 13.3. The molecule has 1 fully saturated rings. The molecule has 0 radical (unpaired) electrons. The number of halogens is 2. The lowest BCUT2D eigenvalue weighted by Crippen LogP contribution is -2.47. The van der Waals surface area contributed by atoms with Gasteiger partial charge in [-0.25, -0.2) is 9.97 Å². The van der Waals surface area contributed by atoms with Crippen LogP contribution in [0, 0.1) is 0 Å². The molecule has 2 aromatic carbocycles. The fraction of sp³-hybridized carbons (Fsp3) is 0.346. The minimum atomic E-state index is -0.0961. The van der Waals surface area contributed by atoms with E-state index < -0.39 is 0 Å². The van der Waals surface area contributed by atoms with Gasteiger partial charge in [0.1, 0.15) is 5.82 Å². The Bertz CT molecular complexity index is 1200. The molecule has 8 heteroatoms. The van der Waals surface area contributed by atoms with E-state index in [2.05, 4.69) is 16.7 Å². The Labute approximate surface area is 210 Å². The summed E-state index contributed by atoms with van der Waals surface area (Å²) in [6.07, 6.45) is 0.677. The number of piperazine rings is 1. The molecule has 1 saturated heterocycles. The molecule has 3 aromatic rings. The molecule has 3 heterocycles. The highest BCUT2D eigenvalue weighted by Gasteiger charge is 2.30. The summed E-state index contributed by atoms with van der Waals surface area (Å²) in [5.74, 6) is 1.59. The zero-order valence-electron chi connectivity index (χ0n) is 19.2. The van der Waals surface area contributed by atoms with Crippen LogP contribution in [0.1, 0.15) is 28.5 Å². The van der Waals surface area contributed by atoms with Gasteiger partial charge in [-0.1, -0.05) is 60.5 Å². The van der Waals surface area contributed by atoms with E-state index in [-0.39, 0.29) is 5.91 Å². The van der Waals surface area contributed by atoms with Gasteiger partial charge in [0, 0.05) is 55.3 Å². The van der Waals surface area contributed by atoms with Gasteiger partial charge in [-0.15, -0.1) is 0 Å². The number of hydrogen-bond donors (Lipinski definition) is 0. The molecule has 6 nitrogen and oxygen atoms in total. The largest absolute Gasteiger partial charge is 0.354 e. The highest BCUT2D eigenvalue weighted by Crippen LogP contribution is 2.32. The maximum Gasteiger partial charge on any atom is 0.255 e. The summed E-state index contributed by atoms with van der Waals surface area (Å²) >= 11 is 12.4. The minimum Gasteiger partial charge on any atom is -0.354 e. The third-order valence-electron chi connectivity index (χ3n) is 6.64. The van der Waals surface area contributed by atoms with E-state index in [4.69, 9.17) is 33.2 Å². The van der Waals surface area contributed by atoms with Gasteiger partial charge < -0.3 is 14.7 Å². The molecular weight excluding hydrogens is 469 g/mol. The van der Waals surface area contributed by atoms with E-state index in [9.17, 15) is 4.79 Å². The van der Waals surface area contributed by atoms with Crippen molar-refractivity contribution in [1.29, 1.82) is 0 Å². The number of amides is 1. The van der Waals surface area contributed by atoms with Crippen molar-refractivity contribution in [2.24, 2.45) is 0 Å². The molecule has 176 valence electrons. The van der Waals surface area contributed by atoms with Crippen LogP contribution in [0.25, 0.3) is 11.4 Å². The average molecular weight is 496 g/mol. The second-order valence-electron chi connectivity index (χ2n) is 8.68. The van der Waals surface area contributed by atoms with E-state index >= 15 is 0 Å². The molecule has 2 aliphatic rings. The monoisotopic (exact) mass is 495 g/mol. The predicted molar refractivity (Wildman–Crippen MR) is 137 cm³/mol. The quantitative estimate of drug-likeness (QED) is 0.520. The van der Waals surface area contributed by atoms with Crippen molar-refractivity contribution in [2.75, 3.05) is 44.2 Å². The van der Waals surface area contributed by atoms with Crippen molar-refractivity contribution in [1.82, 2.24) is 19.8 Å². The maximum atomic E-state index is 13.3. The predicted octanol–water partition coefficient (Wildman–Crippen LogP) is 4.79. The summed E-state index contributed by atoms with van der Waals surface area (Å²) in [6, 6.07) is 15.1. The Hall–Kier alpha value is -2.67. The van der Waals surface area contributed by atoms with E-state index in [1.807, 2.05) is 35.2 Å². The first-order chi connectivity index (χ1) is 16.5. The van der Waals surface area contributed by atoms with Crippen molar-refractivity contribution in [3.63, 3.8) is 0 Å². The number of nitrogens with zero attached hydrogens (tertiary/aromatic N) is 5. The van der Waals surface area contributed by atoms with E-state index in [1.165, 1.54) is 0 Å². The molecule has 1 amide bonds. The first kappa shape index (κ1) is 23.1. The second-order valence-corrected chi connectivity index (χ2v) is 9.53. The number of carbonyl (C=O) groups excluding carboxylic acids is 1. The number of hydrogen-bond acceptors (Lipinski definition) is 5. The zero-order valence-corrected chi connectivity index (χ0v) is 20.7. The summed E-state index contributed by atoms with van der Waals surface area (Å²) in [7, 11) is 0. The third-order valence-corrected chi connectivity index (χ3v) is 7.19. The van der Waals surface area contributed by atoms with E-state index in [0.29, 0.717) is 35.1 Å². The van der Waals surface area contributed by atoms with Crippen LogP contribution in [-0.2, 0) is 13.0 Å². The summed E-state index contributed by atoms with van der Waals surface area (Å²) in [6.45, 7) is 8.10. The second kappa shape index (κ2) is 9.90. The van der Waals surface area contributed by atoms with Crippen LogP contribution in [0.5, 0.6) is 0 Å². The van der Waals surface area contributed by atoms with Crippen LogP contribution < -0.4 is 4.90 Å². The molecule has 1 aromatic heterocycles. The van der Waals surface area contributed by atoms with Crippen molar-refractivity contribution in [3.05, 3.63) is 75.4 Å². The highest BCUT2D eigenvalue weighted by atomic mass is 35.5. The lowest BCUT2D eigenvalue weighted by Gasteiger charge is -2.38. The fourth-order valence-electron chi connectivity index (χ4n) is 4.66. The van der Waals surface area contributed by atoms with Gasteiger partial charge in [-0.05, 0) is 24.7 Å². The van der Waals surface area contributed by atoms with Gasteiger partial charge in [-0.2, -0.15) is 0 Å². The lowest BCUT2D eigenvalue weighted by atomic mass is 10.0. The number of rotatable bonds is 4. The Morgan fingerprint density at radius 2 is 1.74 bits per heavy atom. The first-order valence-corrected chi connectivity index (χ1v) is 12.5. The van der Waals surface area contributed by atoms with Crippen LogP contribution in [0.2, 0.25) is 10.0 Å². The Kier molecular flexibility index (Phi) is 6.73. The summed E-state index contributed by atoms with van der Waals surface area (Å²) in [5.41, 5.74) is 3.53. The highest BCUT2D eigenvalue weighted by molar-refractivity contribution is 6.36. The number of anilines is 1. The number of fused-ring (bicyclic) bond motifs is 1. The van der Waals surface area contributed by atoms with Gasteiger partial charge in [0.05, 0.1) is 22.8 Å². The molecule has 0 aliphatic carbocycles. The fourth-order valence-corrected chi connectivity index (χ4v) is 5.15. The topological polar surface area (TPSA) is 52.6 Å². The van der Waals surface area contributed by atoms with Crippen LogP contribution in [0.15, 0.2) is 48.5 Å². The third kappa shape index (κ3) is 4.63. The Balaban J connectivity index is 1.50. The van der Waals surface area contributed by atoms with Gasteiger partial charge in [0.25, 0.3) is 5.91 Å². The standard InChI is InChI=1S/C26H27Cl2N5O/c1-2-31-12-14-32(15-13-31)25-21-17-33(26(34)20-9-8-19(27)16-22(20)28)11-10-23(21)29-24(30-25)18-6-4-3-5-7-18/h3-9,16H,2,10-15,17H2,1H3. The molecule has 0 bridgehead atoms. The Morgan fingerprint density at radius 1 is 0.971 bits per heavy atom.